The van der Waals surface area contributed by atoms with E-state index in [1.54, 1.807) is 12.4 Å². The topological polar surface area (TPSA) is 119 Å². The summed E-state index contributed by atoms with van der Waals surface area (Å²) in [5.74, 6) is -0.129. The summed E-state index contributed by atoms with van der Waals surface area (Å²) in [4.78, 5) is 42.8. The number of para-hydroxylation sites is 1. The highest BCUT2D eigenvalue weighted by molar-refractivity contribution is 6.31. The van der Waals surface area contributed by atoms with Gasteiger partial charge in [0.25, 0.3) is 5.56 Å². The van der Waals surface area contributed by atoms with Crippen molar-refractivity contribution in [2.75, 3.05) is 13.7 Å². The van der Waals surface area contributed by atoms with Gasteiger partial charge in [0, 0.05) is 44.0 Å². The molecule has 1 aliphatic rings. The lowest BCUT2D eigenvalue weighted by Gasteiger charge is -2.27. The molecule has 3 aromatic heterocycles. The predicted octanol–water partition coefficient (Wildman–Crippen LogP) is 2.41. The number of carbonyl (C=O) groups is 1. The smallest absolute Gasteiger partial charge is 0.358 e. The Labute approximate surface area is 199 Å². The lowest BCUT2D eigenvalue weighted by atomic mass is 10.1. The average molecular weight is 478 g/mol. The SMILES string of the molecule is COC(=O)c1nn(-c2ccccc2)c(Cl)c1CN1CCc2nc(-c3cncnc3)[nH]c(=O)c2C1. The molecule has 0 spiro atoms. The normalized spacial score (nSPS) is 13.5. The monoisotopic (exact) mass is 477 g/mol. The summed E-state index contributed by atoms with van der Waals surface area (Å²) in [6.07, 6.45) is 5.20. The Bertz CT molecular complexity index is 1400. The number of aromatic amines is 1. The Morgan fingerprint density at radius 2 is 1.97 bits per heavy atom. The summed E-state index contributed by atoms with van der Waals surface area (Å²) in [5.41, 5.74) is 3.17. The number of nitrogens with one attached hydrogen (secondary N) is 1. The van der Waals surface area contributed by atoms with Crippen molar-refractivity contribution in [1.82, 2.24) is 34.6 Å². The second kappa shape index (κ2) is 9.16. The largest absolute Gasteiger partial charge is 0.464 e. The first-order valence-corrected chi connectivity index (χ1v) is 10.9. The van der Waals surface area contributed by atoms with Gasteiger partial charge >= 0.3 is 5.97 Å². The first-order valence-electron chi connectivity index (χ1n) is 10.6. The molecular weight excluding hydrogens is 458 g/mol. The number of methoxy groups -OCH3 is 1. The molecule has 0 aliphatic carbocycles. The Kier molecular flexibility index (Phi) is 5.91. The third-order valence-electron chi connectivity index (χ3n) is 5.66. The molecule has 0 radical (unpaired) electrons. The molecule has 4 heterocycles. The van der Waals surface area contributed by atoms with Crippen LogP contribution in [0, 0.1) is 0 Å². The number of H-pyrrole nitrogens is 1. The number of nitrogens with zero attached hydrogens (tertiary/aromatic N) is 6. The molecule has 0 saturated heterocycles. The van der Waals surface area contributed by atoms with Crippen LogP contribution in [0.15, 0.2) is 53.8 Å². The fourth-order valence-electron chi connectivity index (χ4n) is 3.97. The van der Waals surface area contributed by atoms with Crippen molar-refractivity contribution in [3.63, 3.8) is 0 Å². The second-order valence-electron chi connectivity index (χ2n) is 7.78. The van der Waals surface area contributed by atoms with E-state index in [0.29, 0.717) is 53.7 Å². The van der Waals surface area contributed by atoms with Gasteiger partial charge in [0.05, 0.1) is 29.6 Å². The lowest BCUT2D eigenvalue weighted by Crippen LogP contribution is -2.35. The van der Waals surface area contributed by atoms with E-state index in [0.717, 1.165) is 11.4 Å². The Morgan fingerprint density at radius 3 is 2.71 bits per heavy atom. The number of halogens is 1. The molecule has 1 N–H and O–H groups in total. The van der Waals surface area contributed by atoms with Gasteiger partial charge in [-0.05, 0) is 12.1 Å². The molecule has 4 aromatic rings. The summed E-state index contributed by atoms with van der Waals surface area (Å²) < 4.78 is 6.45. The minimum atomic E-state index is -0.571. The fraction of sp³-hybridized carbons (Fsp3) is 0.217. The number of rotatable bonds is 5. The molecule has 1 aromatic carbocycles. The zero-order valence-electron chi connectivity index (χ0n) is 18.2. The molecule has 11 heteroatoms. The van der Waals surface area contributed by atoms with Gasteiger partial charge in [0.1, 0.15) is 17.3 Å². The van der Waals surface area contributed by atoms with Crippen LogP contribution >= 0.6 is 11.6 Å². The number of esters is 1. The summed E-state index contributed by atoms with van der Waals surface area (Å²) in [6, 6.07) is 9.31. The standard InChI is InChI=1S/C23H20ClN7O3/c1-34-23(33)19-17(20(24)31(29-19)15-5-3-2-4-6-15)12-30-8-7-18-16(11-30)22(32)28-21(27-18)14-9-25-13-26-10-14/h2-6,9-10,13H,7-8,11-12H2,1H3,(H,27,28,32). The van der Waals surface area contributed by atoms with Crippen LogP contribution in [0.4, 0.5) is 0 Å². The van der Waals surface area contributed by atoms with E-state index in [4.69, 9.17) is 16.3 Å². The van der Waals surface area contributed by atoms with Gasteiger partial charge in [-0.2, -0.15) is 5.10 Å². The first kappa shape index (κ1) is 21.9. The molecule has 0 atom stereocenters. The van der Waals surface area contributed by atoms with Crippen LogP contribution in [0.5, 0.6) is 0 Å². The first-order chi connectivity index (χ1) is 16.5. The third kappa shape index (κ3) is 4.09. The quantitative estimate of drug-likeness (QED) is 0.435. The lowest BCUT2D eigenvalue weighted by molar-refractivity contribution is 0.0591. The Balaban J connectivity index is 1.45. The maximum absolute atomic E-state index is 12.9. The van der Waals surface area contributed by atoms with Crippen molar-refractivity contribution in [2.45, 2.75) is 19.5 Å². The molecule has 0 bridgehead atoms. The number of hydrogen-bond donors (Lipinski definition) is 1. The van der Waals surface area contributed by atoms with Gasteiger partial charge in [-0.25, -0.2) is 24.4 Å². The van der Waals surface area contributed by atoms with Crippen molar-refractivity contribution in [1.29, 1.82) is 0 Å². The molecule has 1 aliphatic heterocycles. The highest BCUT2D eigenvalue weighted by Crippen LogP contribution is 2.28. The molecule has 10 nitrogen and oxygen atoms in total. The van der Waals surface area contributed by atoms with Crippen molar-refractivity contribution < 1.29 is 9.53 Å². The highest BCUT2D eigenvalue weighted by Gasteiger charge is 2.28. The van der Waals surface area contributed by atoms with Gasteiger partial charge in [0.2, 0.25) is 0 Å². The Morgan fingerprint density at radius 1 is 1.21 bits per heavy atom. The van der Waals surface area contributed by atoms with Crippen LogP contribution in [-0.4, -0.2) is 54.2 Å². The van der Waals surface area contributed by atoms with E-state index >= 15 is 0 Å². The van der Waals surface area contributed by atoms with E-state index in [1.807, 2.05) is 35.2 Å². The van der Waals surface area contributed by atoms with Crippen molar-refractivity contribution in [2.24, 2.45) is 0 Å². The predicted molar refractivity (Wildman–Crippen MR) is 124 cm³/mol. The van der Waals surface area contributed by atoms with E-state index in [2.05, 4.69) is 25.0 Å². The van der Waals surface area contributed by atoms with Crippen LogP contribution in [0.2, 0.25) is 5.15 Å². The molecule has 172 valence electrons. The molecular formula is C23H20ClN7O3. The number of ether oxygens (including phenoxy) is 1. The van der Waals surface area contributed by atoms with Crippen molar-refractivity contribution in [3.8, 4) is 17.1 Å². The summed E-state index contributed by atoms with van der Waals surface area (Å²) in [6.45, 7) is 1.31. The van der Waals surface area contributed by atoms with Crippen LogP contribution in [-0.2, 0) is 24.2 Å². The summed E-state index contributed by atoms with van der Waals surface area (Å²) >= 11 is 6.68. The molecule has 5 rings (SSSR count). The van der Waals surface area contributed by atoms with Crippen molar-refractivity contribution in [3.05, 3.63) is 87.1 Å². The van der Waals surface area contributed by atoms with E-state index in [1.165, 1.54) is 18.1 Å². The second-order valence-corrected chi connectivity index (χ2v) is 8.14. The fourth-order valence-corrected chi connectivity index (χ4v) is 4.25. The molecule has 0 saturated carbocycles. The molecule has 34 heavy (non-hydrogen) atoms. The number of hydrogen-bond acceptors (Lipinski definition) is 8. The minimum absolute atomic E-state index is 0.147. The zero-order chi connectivity index (χ0) is 23.7. The number of benzene rings is 1. The van der Waals surface area contributed by atoms with Crippen LogP contribution in [0.25, 0.3) is 17.1 Å². The van der Waals surface area contributed by atoms with Crippen LogP contribution < -0.4 is 5.56 Å². The summed E-state index contributed by atoms with van der Waals surface area (Å²) in [5, 5.41) is 4.74. The highest BCUT2D eigenvalue weighted by atomic mass is 35.5. The molecule has 0 amide bonds. The van der Waals surface area contributed by atoms with Gasteiger partial charge in [0.15, 0.2) is 5.69 Å². The minimum Gasteiger partial charge on any atom is -0.464 e. The maximum Gasteiger partial charge on any atom is 0.358 e. The summed E-state index contributed by atoms with van der Waals surface area (Å²) in [7, 11) is 1.30. The van der Waals surface area contributed by atoms with Gasteiger partial charge in [-0.15, -0.1) is 0 Å². The number of carbonyl (C=O) groups excluding carboxylic acids is 1. The molecule has 0 unspecified atom stereocenters. The Hall–Kier alpha value is -3.89. The van der Waals surface area contributed by atoms with E-state index < -0.39 is 5.97 Å². The maximum atomic E-state index is 12.9. The van der Waals surface area contributed by atoms with E-state index in [9.17, 15) is 9.59 Å². The van der Waals surface area contributed by atoms with Gasteiger partial charge in [-0.1, -0.05) is 29.8 Å². The van der Waals surface area contributed by atoms with E-state index in [-0.39, 0.29) is 11.3 Å². The number of fused-ring (bicyclic) bond motifs is 1. The molecule has 0 fully saturated rings. The van der Waals surface area contributed by atoms with Crippen molar-refractivity contribution >= 4 is 17.6 Å². The number of aromatic nitrogens is 6. The third-order valence-corrected chi connectivity index (χ3v) is 6.05. The van der Waals surface area contributed by atoms with Crippen LogP contribution in [0.3, 0.4) is 0 Å². The van der Waals surface area contributed by atoms with Gasteiger partial charge in [-0.3, -0.25) is 9.69 Å². The van der Waals surface area contributed by atoms with Crippen LogP contribution in [0.1, 0.15) is 27.3 Å². The van der Waals surface area contributed by atoms with Gasteiger partial charge < -0.3 is 9.72 Å². The zero-order valence-corrected chi connectivity index (χ0v) is 19.0. The average Bonchev–Trinajstić information content (AvgIpc) is 3.20.